The van der Waals surface area contributed by atoms with Gasteiger partial charge in [-0.05, 0) is 30.2 Å². The van der Waals surface area contributed by atoms with Crippen LogP contribution in [0.3, 0.4) is 0 Å². The van der Waals surface area contributed by atoms with Gasteiger partial charge >= 0.3 is 0 Å². The first kappa shape index (κ1) is 13.4. The van der Waals surface area contributed by atoms with Crippen LogP contribution < -0.4 is 0 Å². The molecule has 21 heavy (non-hydrogen) atoms. The van der Waals surface area contributed by atoms with Crippen molar-refractivity contribution in [1.82, 2.24) is 4.57 Å². The average molecular weight is 280 g/mol. The van der Waals surface area contributed by atoms with Crippen molar-refractivity contribution in [2.75, 3.05) is 0 Å². The Labute approximate surface area is 122 Å². The van der Waals surface area contributed by atoms with Crippen LogP contribution in [0.25, 0.3) is 10.9 Å². The minimum absolute atomic E-state index is 0.0742. The van der Waals surface area contributed by atoms with Crippen LogP contribution in [-0.2, 0) is 6.54 Å². The smallest absolute Gasteiger partial charge is 0.222 e. The molecule has 0 aliphatic heterocycles. The van der Waals surface area contributed by atoms with E-state index in [0.717, 1.165) is 16.6 Å². The Hall–Kier alpha value is -2.62. The number of nitroso groups, excluding NO2 is 1. The van der Waals surface area contributed by atoms with Gasteiger partial charge in [-0.25, -0.2) is 0 Å². The highest BCUT2D eigenvalue weighted by atomic mass is 16.3. The fraction of sp³-hybridized carbons (Fsp3) is 0.176. The predicted molar refractivity (Wildman–Crippen MR) is 84.1 cm³/mol. The van der Waals surface area contributed by atoms with Crippen LogP contribution >= 0.6 is 0 Å². The molecule has 0 fully saturated rings. The Morgan fingerprint density at radius 2 is 1.81 bits per heavy atom. The summed E-state index contributed by atoms with van der Waals surface area (Å²) in [7, 11) is 0. The summed E-state index contributed by atoms with van der Waals surface area (Å²) in [5, 5.41) is 14.0. The van der Waals surface area contributed by atoms with Gasteiger partial charge in [-0.15, -0.1) is 4.91 Å². The molecular weight excluding hydrogens is 264 g/mol. The van der Waals surface area contributed by atoms with Crippen molar-refractivity contribution in [3.05, 3.63) is 64.1 Å². The monoisotopic (exact) mass is 280 g/mol. The molecule has 0 spiro atoms. The Kier molecular flexibility index (Phi) is 3.22. The standard InChI is InChI=1S/C17H16N2O2/c1-11-6-8-13(9-7-11)10-19-16-12(2)4-3-5-14(16)15(18-21)17(19)20/h3-9,20H,10H2,1-2H3. The highest BCUT2D eigenvalue weighted by molar-refractivity contribution is 5.96. The van der Waals surface area contributed by atoms with Crippen LogP contribution in [0.1, 0.15) is 16.7 Å². The van der Waals surface area contributed by atoms with E-state index in [1.807, 2.05) is 56.3 Å². The third kappa shape index (κ3) is 2.18. The molecule has 0 amide bonds. The summed E-state index contributed by atoms with van der Waals surface area (Å²) < 4.78 is 1.74. The minimum Gasteiger partial charge on any atom is -0.493 e. The number of fused-ring (bicyclic) bond motifs is 1. The quantitative estimate of drug-likeness (QED) is 0.722. The largest absolute Gasteiger partial charge is 0.493 e. The predicted octanol–water partition coefficient (Wildman–Crippen LogP) is 4.41. The Balaban J connectivity index is 2.19. The third-order valence-electron chi connectivity index (χ3n) is 3.78. The van der Waals surface area contributed by atoms with Gasteiger partial charge in [0.25, 0.3) is 0 Å². The highest BCUT2D eigenvalue weighted by Crippen LogP contribution is 2.40. The summed E-state index contributed by atoms with van der Waals surface area (Å²) in [6, 6.07) is 13.7. The molecule has 0 saturated heterocycles. The molecule has 4 nitrogen and oxygen atoms in total. The molecule has 0 aliphatic carbocycles. The van der Waals surface area contributed by atoms with E-state index in [0.29, 0.717) is 11.9 Å². The van der Waals surface area contributed by atoms with Gasteiger partial charge in [0.1, 0.15) is 0 Å². The van der Waals surface area contributed by atoms with Crippen molar-refractivity contribution in [3.63, 3.8) is 0 Å². The zero-order chi connectivity index (χ0) is 15.0. The van der Waals surface area contributed by atoms with Crippen LogP contribution in [0.5, 0.6) is 5.88 Å². The van der Waals surface area contributed by atoms with Crippen molar-refractivity contribution in [3.8, 4) is 5.88 Å². The van der Waals surface area contributed by atoms with E-state index in [4.69, 9.17) is 0 Å². The second-order valence-electron chi connectivity index (χ2n) is 5.31. The number of aromatic nitrogens is 1. The molecule has 0 aliphatic rings. The fourth-order valence-electron chi connectivity index (χ4n) is 2.68. The lowest BCUT2D eigenvalue weighted by atomic mass is 10.1. The highest BCUT2D eigenvalue weighted by Gasteiger charge is 2.18. The zero-order valence-corrected chi connectivity index (χ0v) is 12.0. The number of benzene rings is 2. The first-order valence-corrected chi connectivity index (χ1v) is 6.81. The van der Waals surface area contributed by atoms with E-state index in [1.165, 1.54) is 5.56 Å². The summed E-state index contributed by atoms with van der Waals surface area (Å²) in [5.41, 5.74) is 4.22. The Bertz CT molecular complexity index is 817. The molecule has 0 unspecified atom stereocenters. The molecule has 0 saturated carbocycles. The summed E-state index contributed by atoms with van der Waals surface area (Å²) in [4.78, 5) is 11.0. The van der Waals surface area contributed by atoms with Gasteiger partial charge in [-0.1, -0.05) is 48.0 Å². The van der Waals surface area contributed by atoms with E-state index in [2.05, 4.69) is 5.18 Å². The molecule has 0 atom stereocenters. The molecule has 0 radical (unpaired) electrons. The summed E-state index contributed by atoms with van der Waals surface area (Å²) in [6.45, 7) is 4.50. The Morgan fingerprint density at radius 3 is 2.48 bits per heavy atom. The van der Waals surface area contributed by atoms with Crippen LogP contribution in [-0.4, -0.2) is 9.67 Å². The van der Waals surface area contributed by atoms with Gasteiger partial charge < -0.3 is 9.67 Å². The second kappa shape index (κ2) is 5.05. The van der Waals surface area contributed by atoms with Crippen LogP contribution in [0.2, 0.25) is 0 Å². The molecule has 1 heterocycles. The van der Waals surface area contributed by atoms with Gasteiger partial charge in [0, 0.05) is 5.39 Å². The van der Waals surface area contributed by atoms with Crippen molar-refractivity contribution in [2.24, 2.45) is 5.18 Å². The molecule has 2 aromatic carbocycles. The minimum atomic E-state index is -0.0742. The molecule has 3 rings (SSSR count). The maximum Gasteiger partial charge on any atom is 0.222 e. The third-order valence-corrected chi connectivity index (χ3v) is 3.78. The van der Waals surface area contributed by atoms with Crippen LogP contribution in [0.15, 0.2) is 47.6 Å². The van der Waals surface area contributed by atoms with E-state index < -0.39 is 0 Å². The first-order valence-electron chi connectivity index (χ1n) is 6.81. The number of hydrogen-bond acceptors (Lipinski definition) is 3. The number of para-hydroxylation sites is 1. The van der Waals surface area contributed by atoms with Gasteiger partial charge in [0.05, 0.1) is 12.1 Å². The molecule has 4 heteroatoms. The second-order valence-corrected chi connectivity index (χ2v) is 5.31. The van der Waals surface area contributed by atoms with Crippen LogP contribution in [0.4, 0.5) is 5.69 Å². The van der Waals surface area contributed by atoms with E-state index in [1.54, 1.807) is 4.57 Å². The number of aryl methyl sites for hydroxylation is 2. The average Bonchev–Trinajstić information content (AvgIpc) is 2.75. The lowest BCUT2D eigenvalue weighted by Gasteiger charge is -2.09. The SMILES string of the molecule is Cc1ccc(Cn2c(O)c(N=O)c3cccc(C)c32)cc1. The zero-order valence-electron chi connectivity index (χ0n) is 12.0. The first-order chi connectivity index (χ1) is 10.1. The normalized spacial score (nSPS) is 11.0. The van der Waals surface area contributed by atoms with E-state index >= 15 is 0 Å². The van der Waals surface area contributed by atoms with Crippen LogP contribution in [0, 0.1) is 18.8 Å². The Morgan fingerprint density at radius 1 is 1.10 bits per heavy atom. The van der Waals surface area contributed by atoms with Gasteiger partial charge in [-0.3, -0.25) is 0 Å². The van der Waals surface area contributed by atoms with Gasteiger partial charge in [0.2, 0.25) is 5.88 Å². The molecule has 1 N–H and O–H groups in total. The maximum atomic E-state index is 11.0. The molecule has 0 bridgehead atoms. The summed E-state index contributed by atoms with van der Waals surface area (Å²) in [5.74, 6) is -0.0742. The molecule has 106 valence electrons. The van der Waals surface area contributed by atoms with Crippen molar-refractivity contribution in [1.29, 1.82) is 0 Å². The summed E-state index contributed by atoms with van der Waals surface area (Å²) >= 11 is 0. The van der Waals surface area contributed by atoms with E-state index in [9.17, 15) is 10.0 Å². The fourth-order valence-corrected chi connectivity index (χ4v) is 2.68. The van der Waals surface area contributed by atoms with Crippen molar-refractivity contribution in [2.45, 2.75) is 20.4 Å². The number of rotatable bonds is 3. The molecule has 3 aromatic rings. The van der Waals surface area contributed by atoms with Gasteiger partial charge in [-0.2, -0.15) is 0 Å². The van der Waals surface area contributed by atoms with Crippen molar-refractivity contribution < 1.29 is 5.11 Å². The molecule has 1 aromatic heterocycles. The van der Waals surface area contributed by atoms with Crippen molar-refractivity contribution >= 4 is 16.6 Å². The topological polar surface area (TPSA) is 54.6 Å². The lowest BCUT2D eigenvalue weighted by molar-refractivity contribution is 0.430. The number of nitrogens with zero attached hydrogens (tertiary/aromatic N) is 2. The number of hydrogen-bond donors (Lipinski definition) is 1. The lowest BCUT2D eigenvalue weighted by Crippen LogP contribution is -2.00. The number of aromatic hydroxyl groups is 1. The molecular formula is C17H16N2O2. The van der Waals surface area contributed by atoms with E-state index in [-0.39, 0.29) is 11.6 Å². The maximum absolute atomic E-state index is 11.0. The summed E-state index contributed by atoms with van der Waals surface area (Å²) in [6.07, 6.45) is 0. The van der Waals surface area contributed by atoms with Gasteiger partial charge in [0.15, 0.2) is 5.69 Å².